The number of hydrogen-bond acceptors (Lipinski definition) is 4. The van der Waals surface area contributed by atoms with Gasteiger partial charge in [0.25, 0.3) is 0 Å². The third kappa shape index (κ3) is 9.86. The number of hydrazine groups is 1. The average Bonchev–Trinajstić information content (AvgIpc) is 1.58. The van der Waals surface area contributed by atoms with Crippen molar-refractivity contribution in [2.45, 2.75) is 0 Å². The van der Waals surface area contributed by atoms with Crippen LogP contribution in [0.15, 0.2) is 0 Å². The van der Waals surface area contributed by atoms with Crippen LogP contribution in [0.5, 0.6) is 0 Å². The quantitative estimate of drug-likeness (QED) is 0.224. The van der Waals surface area contributed by atoms with E-state index in [-0.39, 0.29) is 31.0 Å². The predicted molar refractivity (Wildman–Crippen MR) is 32.1 cm³/mol. The molecular weight excluding hydrogens is 163 g/mol. The molecule has 0 fully saturated rings. The number of hydrogen-bond donors (Lipinski definition) is 3. The number of nitrogens with zero attached hydrogens (tertiary/aromatic N) is 1. The molecule has 6 nitrogen and oxygen atoms in total. The molecule has 60 valence electrons. The van der Waals surface area contributed by atoms with Crippen molar-refractivity contribution in [3.63, 3.8) is 0 Å². The summed E-state index contributed by atoms with van der Waals surface area (Å²) in [6, 6.07) is 0. The van der Waals surface area contributed by atoms with Crippen molar-refractivity contribution >= 4 is 11.9 Å². The number of carboxylic acids is 2. The molecule has 11 heavy (non-hydrogen) atoms. The Morgan fingerprint density at radius 3 is 1.73 bits per heavy atom. The second-order valence-corrected chi connectivity index (χ2v) is 1.69. The van der Waals surface area contributed by atoms with Gasteiger partial charge in [0.1, 0.15) is 13.1 Å². The van der Waals surface area contributed by atoms with Crippen molar-refractivity contribution < 1.29 is 50.8 Å². The number of carboxylic acid groups (broad SMARTS) is 2. The third-order valence-corrected chi connectivity index (χ3v) is 0.677. The average molecular weight is 172 g/mol. The van der Waals surface area contributed by atoms with Crippen molar-refractivity contribution in [3.8, 4) is 0 Å². The number of nitrogens with two attached hydrogens (primary N) is 1. The first-order valence-electron chi connectivity index (χ1n) is 2.45. The van der Waals surface area contributed by atoms with Gasteiger partial charge < -0.3 is 11.6 Å². The van der Waals surface area contributed by atoms with E-state index in [1.807, 2.05) is 0 Å². The smallest absolute Gasteiger partial charge is 1.00 e. The summed E-state index contributed by atoms with van der Waals surface area (Å²) < 4.78 is 0. The third-order valence-electron chi connectivity index (χ3n) is 0.677. The Morgan fingerprint density at radius 2 is 1.55 bits per heavy atom. The molecule has 0 saturated heterocycles. The van der Waals surface area contributed by atoms with Gasteiger partial charge in [0, 0.05) is 0 Å². The van der Waals surface area contributed by atoms with Crippen LogP contribution in [-0.4, -0.2) is 40.3 Å². The Labute approximate surface area is 86.7 Å². The number of rotatable bonds is 4. The summed E-state index contributed by atoms with van der Waals surface area (Å²) in [5.74, 6) is 2.65. The predicted octanol–water partition coefficient (Wildman–Crippen LogP) is -4.55. The minimum absolute atomic E-state index is 0. The first-order chi connectivity index (χ1) is 4.52. The maximum Gasteiger partial charge on any atom is 1.00 e. The van der Waals surface area contributed by atoms with Gasteiger partial charge in [0.05, 0.1) is 0 Å². The van der Waals surface area contributed by atoms with E-state index in [1.54, 1.807) is 0 Å². The second-order valence-electron chi connectivity index (χ2n) is 1.69. The molecule has 0 aliphatic heterocycles. The van der Waals surface area contributed by atoms with Crippen molar-refractivity contribution in [2.24, 2.45) is 5.84 Å². The van der Waals surface area contributed by atoms with E-state index in [0.29, 0.717) is 5.01 Å². The van der Waals surface area contributed by atoms with Crippen LogP contribution in [0.3, 0.4) is 0 Å². The van der Waals surface area contributed by atoms with Crippen LogP contribution in [0.4, 0.5) is 0 Å². The molecular formula is C4H9N2NaO4. The first kappa shape index (κ1) is 13.4. The van der Waals surface area contributed by atoms with Crippen molar-refractivity contribution in [1.29, 1.82) is 0 Å². The Kier molecular flexibility index (Phi) is 8.02. The Hall–Kier alpha value is -0.140. The molecule has 0 aromatic carbocycles. The maximum atomic E-state index is 9.88. The molecule has 0 amide bonds. The van der Waals surface area contributed by atoms with Gasteiger partial charge in [-0.15, -0.1) is 0 Å². The second kappa shape index (κ2) is 6.56. The Bertz CT molecular complexity index is 140. The molecule has 0 spiro atoms. The van der Waals surface area contributed by atoms with E-state index in [2.05, 4.69) is 0 Å². The minimum atomic E-state index is -1.15. The Morgan fingerprint density at radius 1 is 1.27 bits per heavy atom. The molecule has 0 unspecified atom stereocenters. The van der Waals surface area contributed by atoms with Crippen LogP contribution in [0.25, 0.3) is 0 Å². The standard InChI is InChI=1S/C4H8N2O4.Na.H/c5-6(1-3(7)8)2-4(9)10;;/h1-2,5H2,(H,7,8)(H,9,10);;/q;+1;-1. The zero-order valence-electron chi connectivity index (χ0n) is 7.15. The van der Waals surface area contributed by atoms with E-state index < -0.39 is 25.0 Å². The first-order valence-corrected chi connectivity index (χ1v) is 2.45. The number of carbonyl (C=O) groups is 2. The van der Waals surface area contributed by atoms with Crippen LogP contribution in [0.2, 0.25) is 0 Å². The van der Waals surface area contributed by atoms with E-state index in [1.165, 1.54) is 0 Å². The molecule has 0 aliphatic rings. The molecule has 0 radical (unpaired) electrons. The maximum absolute atomic E-state index is 9.88. The molecule has 0 heterocycles. The monoisotopic (exact) mass is 172 g/mol. The van der Waals surface area contributed by atoms with Gasteiger partial charge in [-0.25, -0.2) is 5.01 Å². The van der Waals surface area contributed by atoms with Gasteiger partial charge in [0.2, 0.25) is 0 Å². The molecule has 0 rings (SSSR count). The van der Waals surface area contributed by atoms with Gasteiger partial charge in [-0.05, 0) is 0 Å². The van der Waals surface area contributed by atoms with Crippen LogP contribution in [0, 0.1) is 0 Å². The molecule has 0 bridgehead atoms. The van der Waals surface area contributed by atoms with Gasteiger partial charge >= 0.3 is 41.5 Å². The van der Waals surface area contributed by atoms with Gasteiger partial charge in [-0.2, -0.15) is 0 Å². The summed E-state index contributed by atoms with van der Waals surface area (Å²) >= 11 is 0. The van der Waals surface area contributed by atoms with Crippen LogP contribution in [0.1, 0.15) is 1.43 Å². The minimum Gasteiger partial charge on any atom is -1.00 e. The zero-order chi connectivity index (χ0) is 8.15. The van der Waals surface area contributed by atoms with E-state index in [4.69, 9.17) is 16.1 Å². The van der Waals surface area contributed by atoms with E-state index in [0.717, 1.165) is 0 Å². The summed E-state index contributed by atoms with van der Waals surface area (Å²) in [5, 5.41) is 16.9. The normalized spacial score (nSPS) is 8.91. The van der Waals surface area contributed by atoms with Gasteiger partial charge in [0.15, 0.2) is 0 Å². The van der Waals surface area contributed by atoms with E-state index >= 15 is 0 Å². The fourth-order valence-corrected chi connectivity index (χ4v) is 0.403. The SMILES string of the molecule is NN(CC(=O)O)CC(=O)O.[H-].[Na+]. The molecule has 0 aromatic rings. The van der Waals surface area contributed by atoms with Crippen molar-refractivity contribution in [2.75, 3.05) is 13.1 Å². The number of aliphatic carboxylic acids is 2. The summed E-state index contributed by atoms with van der Waals surface area (Å²) in [6.45, 7) is -0.932. The summed E-state index contributed by atoms with van der Waals surface area (Å²) in [6.07, 6.45) is 0. The molecule has 7 heteroatoms. The van der Waals surface area contributed by atoms with Gasteiger partial charge in [-0.3, -0.25) is 15.4 Å². The van der Waals surface area contributed by atoms with Gasteiger partial charge in [-0.1, -0.05) is 0 Å². The Balaban J connectivity index is -0.000000405. The fraction of sp³-hybridized carbons (Fsp3) is 0.500. The molecule has 4 N–H and O–H groups in total. The largest absolute Gasteiger partial charge is 1.00 e. The molecule has 0 aliphatic carbocycles. The summed E-state index contributed by atoms with van der Waals surface area (Å²) in [7, 11) is 0. The topological polar surface area (TPSA) is 104 Å². The summed E-state index contributed by atoms with van der Waals surface area (Å²) in [5.41, 5.74) is 0. The fourth-order valence-electron chi connectivity index (χ4n) is 0.403. The summed E-state index contributed by atoms with van der Waals surface area (Å²) in [4.78, 5) is 19.8. The molecule has 0 saturated carbocycles. The van der Waals surface area contributed by atoms with Crippen LogP contribution < -0.4 is 35.4 Å². The molecule has 0 aromatic heterocycles. The molecule has 0 atom stereocenters. The van der Waals surface area contributed by atoms with Crippen LogP contribution >= 0.6 is 0 Å². The van der Waals surface area contributed by atoms with Crippen molar-refractivity contribution in [3.05, 3.63) is 0 Å². The van der Waals surface area contributed by atoms with Crippen molar-refractivity contribution in [1.82, 2.24) is 5.01 Å². The zero-order valence-corrected chi connectivity index (χ0v) is 8.15. The van der Waals surface area contributed by atoms with Crippen LogP contribution in [-0.2, 0) is 9.59 Å². The van der Waals surface area contributed by atoms with E-state index in [9.17, 15) is 9.59 Å².